The Balaban J connectivity index is 1.59. The lowest BCUT2D eigenvalue weighted by molar-refractivity contribution is -0.138. The average Bonchev–Trinajstić information content (AvgIpc) is 3.31. The van der Waals surface area contributed by atoms with Crippen molar-refractivity contribution in [3.8, 4) is 0 Å². The molecular formula is C19H17F3N4OS. The standard InChI is InChI=1S/C19H17F3N4OS/c1-11-4-5-12(9-14(11)19(20,21)22)25-17(27)15-3-2-7-26(15)16-13-6-8-28-18(13)24-10-23-16/h4-6,8-10,15H,2-3,7H2,1H3,(H,25,27). The smallest absolute Gasteiger partial charge is 0.344 e. The zero-order valence-corrected chi connectivity index (χ0v) is 15.8. The monoisotopic (exact) mass is 406 g/mol. The van der Waals surface area contributed by atoms with Crippen molar-refractivity contribution >= 4 is 39.0 Å². The van der Waals surface area contributed by atoms with Crippen molar-refractivity contribution in [2.24, 2.45) is 0 Å². The first kappa shape index (κ1) is 18.7. The molecule has 0 aliphatic carbocycles. The summed E-state index contributed by atoms with van der Waals surface area (Å²) in [4.78, 5) is 24.2. The Morgan fingerprint density at radius 3 is 2.89 bits per heavy atom. The summed E-state index contributed by atoms with van der Waals surface area (Å²) in [7, 11) is 0. The van der Waals surface area contributed by atoms with Crippen LogP contribution in [0.15, 0.2) is 36.0 Å². The van der Waals surface area contributed by atoms with Gasteiger partial charge < -0.3 is 10.2 Å². The first-order valence-electron chi connectivity index (χ1n) is 8.78. The Labute approximate surface area is 163 Å². The summed E-state index contributed by atoms with van der Waals surface area (Å²) in [6.07, 6.45) is -1.58. The number of amides is 1. The number of anilines is 2. The van der Waals surface area contributed by atoms with Crippen LogP contribution in [0, 0.1) is 6.92 Å². The summed E-state index contributed by atoms with van der Waals surface area (Å²) in [5.74, 6) is 0.347. The molecule has 0 spiro atoms. The predicted octanol–water partition coefficient (Wildman–Crippen LogP) is 4.63. The molecule has 1 unspecified atom stereocenters. The molecule has 1 aromatic carbocycles. The van der Waals surface area contributed by atoms with E-state index in [0.717, 1.165) is 22.7 Å². The Kier molecular flexibility index (Phi) is 4.70. The number of hydrogen-bond acceptors (Lipinski definition) is 5. The maximum atomic E-state index is 13.1. The maximum absolute atomic E-state index is 13.1. The van der Waals surface area contributed by atoms with E-state index < -0.39 is 17.8 Å². The molecule has 0 radical (unpaired) electrons. The lowest BCUT2D eigenvalue weighted by Gasteiger charge is -2.25. The number of benzene rings is 1. The number of hydrogen-bond donors (Lipinski definition) is 1. The van der Waals surface area contributed by atoms with E-state index in [4.69, 9.17) is 0 Å². The maximum Gasteiger partial charge on any atom is 0.416 e. The molecule has 28 heavy (non-hydrogen) atoms. The number of rotatable bonds is 3. The SMILES string of the molecule is Cc1ccc(NC(=O)C2CCCN2c2ncnc3sccc23)cc1C(F)(F)F. The summed E-state index contributed by atoms with van der Waals surface area (Å²) < 4.78 is 39.4. The topological polar surface area (TPSA) is 58.1 Å². The van der Waals surface area contributed by atoms with E-state index in [0.29, 0.717) is 18.8 Å². The van der Waals surface area contributed by atoms with Crippen LogP contribution in [0.25, 0.3) is 10.2 Å². The molecule has 5 nitrogen and oxygen atoms in total. The first-order valence-corrected chi connectivity index (χ1v) is 9.66. The third kappa shape index (κ3) is 3.42. The van der Waals surface area contributed by atoms with Gasteiger partial charge in [-0.25, -0.2) is 9.97 Å². The molecule has 146 valence electrons. The van der Waals surface area contributed by atoms with Gasteiger partial charge in [-0.15, -0.1) is 11.3 Å². The van der Waals surface area contributed by atoms with Crippen LogP contribution >= 0.6 is 11.3 Å². The van der Waals surface area contributed by atoms with E-state index in [-0.39, 0.29) is 17.2 Å². The molecule has 3 aromatic rings. The molecule has 3 heterocycles. The number of aromatic nitrogens is 2. The number of thiophene rings is 1. The van der Waals surface area contributed by atoms with E-state index in [2.05, 4.69) is 15.3 Å². The highest BCUT2D eigenvalue weighted by Gasteiger charge is 2.35. The second-order valence-corrected chi connectivity index (χ2v) is 7.60. The van der Waals surface area contributed by atoms with Gasteiger partial charge in [0, 0.05) is 12.2 Å². The van der Waals surface area contributed by atoms with Gasteiger partial charge >= 0.3 is 6.18 Å². The third-order valence-electron chi connectivity index (χ3n) is 4.88. The summed E-state index contributed by atoms with van der Waals surface area (Å²) in [5, 5.41) is 5.44. The van der Waals surface area contributed by atoms with Gasteiger partial charge in [-0.3, -0.25) is 4.79 Å². The lowest BCUT2D eigenvalue weighted by Crippen LogP contribution is -2.40. The van der Waals surface area contributed by atoms with Crippen LogP contribution in [-0.2, 0) is 11.0 Å². The highest BCUT2D eigenvalue weighted by Crippen LogP contribution is 2.34. The molecule has 2 aromatic heterocycles. The molecule has 1 N–H and O–H groups in total. The molecule has 1 atom stereocenters. The van der Waals surface area contributed by atoms with Gasteiger partial charge in [0.2, 0.25) is 5.91 Å². The van der Waals surface area contributed by atoms with Crippen LogP contribution in [0.5, 0.6) is 0 Å². The number of nitrogens with one attached hydrogen (secondary N) is 1. The highest BCUT2D eigenvalue weighted by atomic mass is 32.1. The van der Waals surface area contributed by atoms with Gasteiger partial charge in [0.1, 0.15) is 23.0 Å². The largest absolute Gasteiger partial charge is 0.416 e. The van der Waals surface area contributed by atoms with Crippen molar-refractivity contribution in [3.05, 3.63) is 47.1 Å². The van der Waals surface area contributed by atoms with E-state index >= 15 is 0 Å². The third-order valence-corrected chi connectivity index (χ3v) is 5.70. The number of aryl methyl sites for hydroxylation is 1. The number of carbonyl (C=O) groups is 1. The van der Waals surface area contributed by atoms with E-state index in [1.807, 2.05) is 16.3 Å². The number of nitrogens with zero attached hydrogens (tertiary/aromatic N) is 3. The predicted molar refractivity (Wildman–Crippen MR) is 103 cm³/mol. The molecule has 0 bridgehead atoms. The molecule has 1 amide bonds. The Bertz CT molecular complexity index is 1030. The van der Waals surface area contributed by atoms with Gasteiger partial charge in [0.25, 0.3) is 0 Å². The normalized spacial score (nSPS) is 17.3. The van der Waals surface area contributed by atoms with Crippen molar-refractivity contribution in [1.82, 2.24) is 9.97 Å². The second kappa shape index (κ2) is 7.05. The van der Waals surface area contributed by atoms with Crippen molar-refractivity contribution in [3.63, 3.8) is 0 Å². The van der Waals surface area contributed by atoms with E-state index in [1.165, 1.54) is 36.7 Å². The van der Waals surface area contributed by atoms with Crippen LogP contribution in [0.1, 0.15) is 24.0 Å². The molecular weight excluding hydrogens is 389 g/mol. The fraction of sp³-hybridized carbons (Fsp3) is 0.316. The number of halogens is 3. The van der Waals surface area contributed by atoms with Crippen LogP contribution in [0.2, 0.25) is 0 Å². The zero-order chi connectivity index (χ0) is 19.9. The molecule has 0 saturated carbocycles. The summed E-state index contributed by atoms with van der Waals surface area (Å²) in [5.41, 5.74) is -0.490. The van der Waals surface area contributed by atoms with Crippen molar-refractivity contribution in [2.75, 3.05) is 16.8 Å². The summed E-state index contributed by atoms with van der Waals surface area (Å²) >= 11 is 1.49. The highest BCUT2D eigenvalue weighted by molar-refractivity contribution is 7.16. The van der Waals surface area contributed by atoms with E-state index in [1.54, 1.807) is 0 Å². The minimum absolute atomic E-state index is 0.119. The first-order chi connectivity index (χ1) is 13.3. The quantitative estimate of drug-likeness (QED) is 0.689. The molecule has 4 rings (SSSR count). The average molecular weight is 406 g/mol. The molecule has 1 saturated heterocycles. The molecule has 1 aliphatic rings. The second-order valence-electron chi connectivity index (χ2n) is 6.70. The minimum atomic E-state index is -4.46. The zero-order valence-electron chi connectivity index (χ0n) is 15.0. The van der Waals surface area contributed by atoms with Crippen LogP contribution in [0.3, 0.4) is 0 Å². The van der Waals surface area contributed by atoms with Gasteiger partial charge in [0.15, 0.2) is 0 Å². The fourth-order valence-corrected chi connectivity index (χ4v) is 4.26. The van der Waals surface area contributed by atoms with Gasteiger partial charge in [0.05, 0.1) is 10.9 Å². The molecule has 1 aliphatic heterocycles. The summed E-state index contributed by atoms with van der Waals surface area (Å²) in [6.45, 7) is 2.05. The molecule has 1 fully saturated rings. The Morgan fingerprint density at radius 2 is 2.11 bits per heavy atom. The van der Waals surface area contributed by atoms with Crippen LogP contribution < -0.4 is 10.2 Å². The Morgan fingerprint density at radius 1 is 1.29 bits per heavy atom. The summed E-state index contributed by atoms with van der Waals surface area (Å²) in [6, 6.07) is 5.26. The fourth-order valence-electron chi connectivity index (χ4n) is 3.53. The molecule has 9 heteroatoms. The van der Waals surface area contributed by atoms with Gasteiger partial charge in [-0.2, -0.15) is 13.2 Å². The van der Waals surface area contributed by atoms with Gasteiger partial charge in [-0.1, -0.05) is 6.07 Å². The van der Waals surface area contributed by atoms with Crippen LogP contribution in [0.4, 0.5) is 24.7 Å². The van der Waals surface area contributed by atoms with Gasteiger partial charge in [-0.05, 0) is 48.9 Å². The van der Waals surface area contributed by atoms with Crippen molar-refractivity contribution < 1.29 is 18.0 Å². The number of fused-ring (bicyclic) bond motifs is 1. The number of alkyl halides is 3. The van der Waals surface area contributed by atoms with Crippen molar-refractivity contribution in [2.45, 2.75) is 32.0 Å². The Hall–Kier alpha value is -2.68. The lowest BCUT2D eigenvalue weighted by atomic mass is 10.1. The number of carbonyl (C=O) groups excluding carboxylic acids is 1. The van der Waals surface area contributed by atoms with E-state index in [9.17, 15) is 18.0 Å². The minimum Gasteiger partial charge on any atom is -0.344 e. The van der Waals surface area contributed by atoms with Crippen LogP contribution in [-0.4, -0.2) is 28.5 Å². The van der Waals surface area contributed by atoms with Crippen molar-refractivity contribution in [1.29, 1.82) is 0 Å².